The summed E-state index contributed by atoms with van der Waals surface area (Å²) in [6.07, 6.45) is 1.32. The van der Waals surface area contributed by atoms with Gasteiger partial charge in [-0.1, -0.05) is 19.1 Å². The Morgan fingerprint density at radius 3 is 2.53 bits per heavy atom. The number of nitrogens with zero attached hydrogens (tertiary/aromatic N) is 3. The first-order valence-electron chi connectivity index (χ1n) is 11.7. The van der Waals surface area contributed by atoms with E-state index >= 15 is 0 Å². The van der Waals surface area contributed by atoms with Gasteiger partial charge in [0.25, 0.3) is 17.7 Å². The molecule has 0 radical (unpaired) electrons. The van der Waals surface area contributed by atoms with Gasteiger partial charge in [0.15, 0.2) is 11.7 Å². The molecule has 9 nitrogen and oxygen atoms in total. The van der Waals surface area contributed by atoms with Crippen LogP contribution in [-0.4, -0.2) is 53.2 Å². The highest BCUT2D eigenvalue weighted by atomic mass is 32.1. The number of hydrogen-bond donors (Lipinski definition) is 1. The zero-order valence-corrected chi connectivity index (χ0v) is 20.5. The molecule has 4 amide bonds. The van der Waals surface area contributed by atoms with Gasteiger partial charge in [-0.05, 0) is 43.2 Å². The maximum absolute atomic E-state index is 12.5. The van der Waals surface area contributed by atoms with Gasteiger partial charge in [0.1, 0.15) is 5.75 Å². The third-order valence-corrected chi connectivity index (χ3v) is 6.82. The van der Waals surface area contributed by atoms with Crippen LogP contribution in [0.4, 0.5) is 10.8 Å². The van der Waals surface area contributed by atoms with E-state index in [1.165, 1.54) is 16.2 Å². The zero-order valence-electron chi connectivity index (χ0n) is 19.7. The van der Waals surface area contributed by atoms with E-state index in [-0.39, 0.29) is 43.2 Å². The third-order valence-electron chi connectivity index (χ3n) is 6.06. The fourth-order valence-electron chi connectivity index (χ4n) is 4.32. The average molecular weight is 505 g/mol. The Morgan fingerprint density at radius 1 is 1.06 bits per heavy atom. The first kappa shape index (κ1) is 23.7. The van der Waals surface area contributed by atoms with Crippen LogP contribution in [0.3, 0.4) is 0 Å². The fourth-order valence-corrected chi connectivity index (χ4v) is 5.05. The van der Waals surface area contributed by atoms with Crippen LogP contribution in [0.15, 0.2) is 47.8 Å². The molecular formula is C26H24N4O5S. The minimum atomic E-state index is -0.324. The number of carbonyl (C=O) groups is 4. The third kappa shape index (κ3) is 4.47. The smallest absolute Gasteiger partial charge is 0.265 e. The van der Waals surface area contributed by atoms with Crippen molar-refractivity contribution in [3.63, 3.8) is 0 Å². The number of imide groups is 1. The molecule has 0 spiro atoms. The summed E-state index contributed by atoms with van der Waals surface area (Å²) in [7, 11) is 0. The molecule has 2 aromatic carbocycles. The zero-order chi connectivity index (χ0) is 25.2. The Kier molecular flexibility index (Phi) is 6.51. The molecule has 0 saturated carbocycles. The number of thiazole rings is 1. The van der Waals surface area contributed by atoms with Gasteiger partial charge in [-0.2, -0.15) is 0 Å². The number of fused-ring (bicyclic) bond motifs is 2. The summed E-state index contributed by atoms with van der Waals surface area (Å²) in [4.78, 5) is 57.1. The molecule has 0 saturated heterocycles. The number of aromatic nitrogens is 1. The van der Waals surface area contributed by atoms with E-state index in [0.717, 1.165) is 17.7 Å². The monoisotopic (exact) mass is 504 g/mol. The number of nitrogens with one attached hydrogen (secondary N) is 1. The molecule has 3 heterocycles. The van der Waals surface area contributed by atoms with Crippen molar-refractivity contribution in [2.45, 2.75) is 26.2 Å². The topological polar surface area (TPSA) is 109 Å². The highest BCUT2D eigenvalue weighted by Gasteiger charge is 2.34. The summed E-state index contributed by atoms with van der Waals surface area (Å²) in [5, 5.41) is 5.08. The molecule has 2 aliphatic heterocycles. The second kappa shape index (κ2) is 9.90. The standard InChI is InChI=1S/C26H24N4O5S/c1-2-11-29-20-13-16(9-10-21(20)35-14-23(29)32)19-15-36-26(27-19)28-22(31)8-5-12-30-24(33)17-6-3-4-7-18(17)25(30)34/h3-4,6-7,9-10,13,15H,2,5,8,11-12,14H2,1H3,(H,27,28,31). The van der Waals surface area contributed by atoms with Crippen LogP contribution in [0.25, 0.3) is 11.3 Å². The highest BCUT2D eigenvalue weighted by molar-refractivity contribution is 7.14. The van der Waals surface area contributed by atoms with Gasteiger partial charge < -0.3 is 15.0 Å². The summed E-state index contributed by atoms with van der Waals surface area (Å²) in [6.45, 7) is 2.83. The molecule has 1 N–H and O–H groups in total. The van der Waals surface area contributed by atoms with Crippen LogP contribution in [0.2, 0.25) is 0 Å². The van der Waals surface area contributed by atoms with Crippen molar-refractivity contribution >= 4 is 45.8 Å². The summed E-state index contributed by atoms with van der Waals surface area (Å²) in [5.74, 6) is -0.306. The molecular weight excluding hydrogens is 480 g/mol. The summed E-state index contributed by atoms with van der Waals surface area (Å²) in [5.41, 5.74) is 3.02. The Morgan fingerprint density at radius 2 is 1.81 bits per heavy atom. The lowest BCUT2D eigenvalue weighted by Gasteiger charge is -2.29. The first-order valence-corrected chi connectivity index (χ1v) is 12.6. The SMILES string of the molecule is CCCN1C(=O)COc2ccc(-c3csc(NC(=O)CCCN4C(=O)c5ccccc5C4=O)n3)cc21. The Hall–Kier alpha value is -4.05. The molecule has 0 atom stereocenters. The van der Waals surface area contributed by atoms with Crippen LogP contribution < -0.4 is 15.0 Å². The van der Waals surface area contributed by atoms with Crippen molar-refractivity contribution in [3.05, 3.63) is 59.0 Å². The number of benzene rings is 2. The van der Waals surface area contributed by atoms with Gasteiger partial charge in [-0.3, -0.25) is 24.1 Å². The van der Waals surface area contributed by atoms with Gasteiger partial charge in [-0.25, -0.2) is 4.98 Å². The van der Waals surface area contributed by atoms with Gasteiger partial charge in [0, 0.05) is 30.5 Å². The Bertz CT molecular complexity index is 1330. The van der Waals surface area contributed by atoms with Crippen molar-refractivity contribution in [1.82, 2.24) is 9.88 Å². The normalized spacial score (nSPS) is 14.5. The Balaban J connectivity index is 1.19. The van der Waals surface area contributed by atoms with Gasteiger partial charge >= 0.3 is 0 Å². The minimum absolute atomic E-state index is 0.0340. The Labute approximate surface area is 211 Å². The predicted molar refractivity (Wildman–Crippen MR) is 135 cm³/mol. The van der Waals surface area contributed by atoms with Crippen LogP contribution in [-0.2, 0) is 9.59 Å². The lowest BCUT2D eigenvalue weighted by atomic mass is 10.1. The molecule has 36 heavy (non-hydrogen) atoms. The second-order valence-corrected chi connectivity index (χ2v) is 9.37. The van der Waals surface area contributed by atoms with E-state index in [0.29, 0.717) is 40.7 Å². The first-order chi connectivity index (χ1) is 17.5. The molecule has 10 heteroatoms. The predicted octanol–water partition coefficient (Wildman–Crippen LogP) is 3.96. The summed E-state index contributed by atoms with van der Waals surface area (Å²) in [6, 6.07) is 12.3. The van der Waals surface area contributed by atoms with E-state index in [1.807, 2.05) is 30.5 Å². The number of anilines is 2. The number of carbonyl (C=O) groups excluding carboxylic acids is 4. The van der Waals surface area contributed by atoms with E-state index in [4.69, 9.17) is 4.74 Å². The van der Waals surface area contributed by atoms with Gasteiger partial charge in [0.05, 0.1) is 22.5 Å². The van der Waals surface area contributed by atoms with Crippen molar-refractivity contribution in [2.75, 3.05) is 29.9 Å². The molecule has 184 valence electrons. The van der Waals surface area contributed by atoms with Crippen LogP contribution in [0.5, 0.6) is 5.75 Å². The molecule has 3 aromatic rings. The lowest BCUT2D eigenvalue weighted by Crippen LogP contribution is -2.39. The second-order valence-electron chi connectivity index (χ2n) is 8.51. The maximum Gasteiger partial charge on any atom is 0.265 e. The van der Waals surface area contributed by atoms with Crippen molar-refractivity contribution in [2.24, 2.45) is 0 Å². The maximum atomic E-state index is 12.5. The van der Waals surface area contributed by atoms with Gasteiger partial charge in [0.2, 0.25) is 5.91 Å². The lowest BCUT2D eigenvalue weighted by molar-refractivity contribution is -0.121. The average Bonchev–Trinajstić information content (AvgIpc) is 3.44. The van der Waals surface area contributed by atoms with Crippen molar-refractivity contribution in [3.8, 4) is 17.0 Å². The van der Waals surface area contributed by atoms with Gasteiger partial charge in [-0.15, -0.1) is 11.3 Å². The largest absolute Gasteiger partial charge is 0.482 e. The molecule has 0 unspecified atom stereocenters. The molecule has 5 rings (SSSR count). The molecule has 0 bridgehead atoms. The number of amides is 4. The number of hydrogen-bond acceptors (Lipinski definition) is 7. The minimum Gasteiger partial charge on any atom is -0.482 e. The quantitative estimate of drug-likeness (QED) is 0.465. The van der Waals surface area contributed by atoms with Crippen molar-refractivity contribution < 1.29 is 23.9 Å². The number of rotatable bonds is 8. The fraction of sp³-hybridized carbons (Fsp3) is 0.269. The van der Waals surface area contributed by atoms with E-state index in [1.54, 1.807) is 29.2 Å². The summed E-state index contributed by atoms with van der Waals surface area (Å²) < 4.78 is 5.56. The van der Waals surface area contributed by atoms with E-state index in [2.05, 4.69) is 10.3 Å². The highest BCUT2D eigenvalue weighted by Crippen LogP contribution is 2.37. The summed E-state index contributed by atoms with van der Waals surface area (Å²) >= 11 is 1.30. The van der Waals surface area contributed by atoms with Crippen molar-refractivity contribution in [1.29, 1.82) is 0 Å². The van der Waals surface area contributed by atoms with E-state index < -0.39 is 0 Å². The van der Waals surface area contributed by atoms with Crippen LogP contribution in [0, 0.1) is 0 Å². The molecule has 0 aliphatic carbocycles. The van der Waals surface area contributed by atoms with Crippen LogP contribution in [0.1, 0.15) is 46.9 Å². The van der Waals surface area contributed by atoms with Crippen LogP contribution >= 0.6 is 11.3 Å². The van der Waals surface area contributed by atoms with E-state index in [9.17, 15) is 19.2 Å². The number of ether oxygens (including phenoxy) is 1. The molecule has 2 aliphatic rings. The molecule has 0 fully saturated rings. The molecule has 1 aromatic heterocycles.